The summed E-state index contributed by atoms with van der Waals surface area (Å²) in [7, 11) is -3.88. The zero-order valence-electron chi connectivity index (χ0n) is 19.9. The van der Waals surface area contributed by atoms with Crippen LogP contribution in [0.2, 0.25) is 0 Å². The Kier molecular flexibility index (Phi) is 7.60. The van der Waals surface area contributed by atoms with Gasteiger partial charge in [0.05, 0.1) is 23.7 Å². The molecule has 1 aliphatic rings. The molecule has 4 rings (SSSR count). The number of para-hydroxylation sites is 2. The maximum absolute atomic E-state index is 13.4. The molecule has 1 atom stereocenters. The fourth-order valence-corrected chi connectivity index (χ4v) is 5.38. The smallest absolute Gasteiger partial charge is 0.264 e. The number of anilines is 1. The van der Waals surface area contributed by atoms with E-state index >= 15 is 0 Å². The topological polar surface area (TPSA) is 84.9 Å². The average molecular weight is 495 g/mol. The maximum atomic E-state index is 13.4. The molecule has 0 bridgehead atoms. The SMILES string of the molecule is CCCc1ccc(OCCNC(=O)[C@@H]2CN(S(=O)(=O)c3ccc(C)cc3)c3ccccc3O2)cc1. The summed E-state index contributed by atoms with van der Waals surface area (Å²) in [6.45, 7) is 4.46. The molecule has 184 valence electrons. The van der Waals surface area contributed by atoms with Gasteiger partial charge < -0.3 is 14.8 Å². The summed E-state index contributed by atoms with van der Waals surface area (Å²) in [5.74, 6) is 0.681. The minimum absolute atomic E-state index is 0.126. The van der Waals surface area contributed by atoms with Crippen LogP contribution in [0, 0.1) is 6.92 Å². The first kappa shape index (κ1) is 24.6. The molecule has 1 heterocycles. The van der Waals surface area contributed by atoms with Gasteiger partial charge in [0.1, 0.15) is 18.1 Å². The quantitative estimate of drug-likeness (QED) is 0.453. The van der Waals surface area contributed by atoms with Crippen molar-refractivity contribution in [2.24, 2.45) is 0 Å². The highest BCUT2D eigenvalue weighted by Crippen LogP contribution is 2.36. The van der Waals surface area contributed by atoms with Crippen molar-refractivity contribution in [1.82, 2.24) is 5.32 Å². The average Bonchev–Trinajstić information content (AvgIpc) is 2.87. The Bertz CT molecular complexity index is 1260. The number of nitrogens with one attached hydrogen (secondary N) is 1. The van der Waals surface area contributed by atoms with Crippen LogP contribution in [0.15, 0.2) is 77.7 Å². The number of fused-ring (bicyclic) bond motifs is 1. The van der Waals surface area contributed by atoms with Gasteiger partial charge in [-0.2, -0.15) is 0 Å². The van der Waals surface area contributed by atoms with Crippen molar-refractivity contribution in [2.45, 2.75) is 37.7 Å². The molecule has 1 aliphatic heterocycles. The predicted octanol–water partition coefficient (Wildman–Crippen LogP) is 4.10. The van der Waals surface area contributed by atoms with Crippen molar-refractivity contribution in [3.63, 3.8) is 0 Å². The van der Waals surface area contributed by atoms with Crippen molar-refractivity contribution < 1.29 is 22.7 Å². The minimum atomic E-state index is -3.88. The van der Waals surface area contributed by atoms with Crippen LogP contribution in [0.25, 0.3) is 0 Å². The summed E-state index contributed by atoms with van der Waals surface area (Å²) in [6, 6.07) is 21.4. The van der Waals surface area contributed by atoms with E-state index in [0.717, 1.165) is 24.2 Å². The van der Waals surface area contributed by atoms with Gasteiger partial charge in [-0.1, -0.05) is 55.3 Å². The molecular formula is C27H30N2O5S. The lowest BCUT2D eigenvalue weighted by molar-refractivity contribution is -0.127. The molecule has 0 saturated carbocycles. The van der Waals surface area contributed by atoms with E-state index in [9.17, 15) is 13.2 Å². The number of aryl methyl sites for hydroxylation is 2. The Labute approximate surface area is 206 Å². The lowest BCUT2D eigenvalue weighted by Crippen LogP contribution is -2.51. The number of carbonyl (C=O) groups excluding carboxylic acids is 1. The van der Waals surface area contributed by atoms with Crippen molar-refractivity contribution in [3.8, 4) is 11.5 Å². The van der Waals surface area contributed by atoms with Gasteiger partial charge in [0, 0.05) is 0 Å². The number of rotatable bonds is 9. The summed E-state index contributed by atoms with van der Waals surface area (Å²) in [5.41, 5.74) is 2.63. The molecule has 3 aromatic rings. The highest BCUT2D eigenvalue weighted by molar-refractivity contribution is 7.92. The van der Waals surface area contributed by atoms with Crippen LogP contribution < -0.4 is 19.1 Å². The second-order valence-corrected chi connectivity index (χ2v) is 10.3. The minimum Gasteiger partial charge on any atom is -0.492 e. The molecule has 3 aromatic carbocycles. The largest absolute Gasteiger partial charge is 0.492 e. The van der Waals surface area contributed by atoms with Gasteiger partial charge in [-0.05, 0) is 55.3 Å². The Morgan fingerprint density at radius 2 is 1.77 bits per heavy atom. The molecule has 1 N–H and O–H groups in total. The molecule has 0 radical (unpaired) electrons. The second-order valence-electron chi connectivity index (χ2n) is 8.46. The van der Waals surface area contributed by atoms with Crippen molar-refractivity contribution in [3.05, 3.63) is 83.9 Å². The summed E-state index contributed by atoms with van der Waals surface area (Å²) < 4.78 is 39.7. The highest BCUT2D eigenvalue weighted by atomic mass is 32.2. The van der Waals surface area contributed by atoms with Crippen LogP contribution in [0.5, 0.6) is 11.5 Å². The number of ether oxygens (including phenoxy) is 2. The Morgan fingerprint density at radius 3 is 2.49 bits per heavy atom. The predicted molar refractivity (Wildman–Crippen MR) is 136 cm³/mol. The van der Waals surface area contributed by atoms with Crippen LogP contribution in [0.1, 0.15) is 24.5 Å². The van der Waals surface area contributed by atoms with E-state index in [-0.39, 0.29) is 24.6 Å². The molecule has 0 unspecified atom stereocenters. The molecule has 0 aliphatic carbocycles. The molecule has 0 fully saturated rings. The monoisotopic (exact) mass is 494 g/mol. The Morgan fingerprint density at radius 1 is 1.06 bits per heavy atom. The number of sulfonamides is 1. The van der Waals surface area contributed by atoms with E-state index in [1.807, 2.05) is 31.2 Å². The molecule has 0 saturated heterocycles. The normalized spacial score (nSPS) is 15.1. The number of hydrogen-bond acceptors (Lipinski definition) is 5. The van der Waals surface area contributed by atoms with Crippen LogP contribution in [-0.4, -0.2) is 40.1 Å². The summed E-state index contributed by atoms with van der Waals surface area (Å²) >= 11 is 0. The fourth-order valence-electron chi connectivity index (χ4n) is 3.90. The third kappa shape index (κ3) is 5.77. The third-order valence-electron chi connectivity index (χ3n) is 5.77. The second kappa shape index (κ2) is 10.8. The van der Waals surface area contributed by atoms with Gasteiger partial charge in [0.2, 0.25) is 0 Å². The van der Waals surface area contributed by atoms with Crippen LogP contribution in [0.3, 0.4) is 0 Å². The number of carbonyl (C=O) groups is 1. The molecule has 1 amide bonds. The first-order chi connectivity index (χ1) is 16.9. The number of nitrogens with zero attached hydrogens (tertiary/aromatic N) is 1. The number of benzene rings is 3. The zero-order valence-corrected chi connectivity index (χ0v) is 20.8. The summed E-state index contributed by atoms with van der Waals surface area (Å²) in [4.78, 5) is 13.0. The standard InChI is InChI=1S/C27H30N2O5S/c1-3-6-21-11-13-22(14-12-21)33-18-17-28-27(30)26-19-29(24-7-4-5-8-25(24)34-26)35(31,32)23-15-9-20(2)10-16-23/h4-5,7-16,26H,3,6,17-19H2,1-2H3,(H,28,30)/t26-/m0/s1. The summed E-state index contributed by atoms with van der Waals surface area (Å²) in [6.07, 6.45) is 1.12. The van der Waals surface area contributed by atoms with Gasteiger partial charge in [-0.3, -0.25) is 9.10 Å². The number of hydrogen-bond donors (Lipinski definition) is 1. The van der Waals surface area contributed by atoms with Gasteiger partial charge in [0.15, 0.2) is 6.10 Å². The van der Waals surface area contributed by atoms with Gasteiger partial charge in [-0.15, -0.1) is 0 Å². The van der Waals surface area contributed by atoms with Crippen LogP contribution in [-0.2, 0) is 21.2 Å². The van der Waals surface area contributed by atoms with Crippen molar-refractivity contribution >= 4 is 21.6 Å². The summed E-state index contributed by atoms with van der Waals surface area (Å²) in [5, 5.41) is 2.79. The van der Waals surface area contributed by atoms with E-state index in [1.54, 1.807) is 48.5 Å². The van der Waals surface area contributed by atoms with E-state index in [1.165, 1.54) is 9.87 Å². The fraction of sp³-hybridized carbons (Fsp3) is 0.296. The highest BCUT2D eigenvalue weighted by Gasteiger charge is 2.37. The van der Waals surface area contributed by atoms with Crippen LogP contribution >= 0.6 is 0 Å². The zero-order chi connectivity index (χ0) is 24.8. The Hall–Kier alpha value is -3.52. The lowest BCUT2D eigenvalue weighted by Gasteiger charge is -2.34. The lowest BCUT2D eigenvalue weighted by atomic mass is 10.1. The van der Waals surface area contributed by atoms with E-state index in [4.69, 9.17) is 9.47 Å². The Balaban J connectivity index is 1.41. The molecule has 0 spiro atoms. The first-order valence-electron chi connectivity index (χ1n) is 11.7. The molecule has 0 aromatic heterocycles. The van der Waals surface area contributed by atoms with E-state index < -0.39 is 22.0 Å². The molecule has 8 heteroatoms. The van der Waals surface area contributed by atoms with E-state index in [2.05, 4.69) is 12.2 Å². The van der Waals surface area contributed by atoms with Gasteiger partial charge in [0.25, 0.3) is 15.9 Å². The third-order valence-corrected chi connectivity index (χ3v) is 7.56. The van der Waals surface area contributed by atoms with Crippen LogP contribution in [0.4, 0.5) is 5.69 Å². The first-order valence-corrected chi connectivity index (χ1v) is 13.2. The molecular weight excluding hydrogens is 464 g/mol. The van der Waals surface area contributed by atoms with Crippen molar-refractivity contribution in [1.29, 1.82) is 0 Å². The van der Waals surface area contributed by atoms with Gasteiger partial charge in [-0.25, -0.2) is 8.42 Å². The molecule has 7 nitrogen and oxygen atoms in total. The van der Waals surface area contributed by atoms with Crippen molar-refractivity contribution in [2.75, 3.05) is 24.0 Å². The van der Waals surface area contributed by atoms with E-state index in [0.29, 0.717) is 11.4 Å². The maximum Gasteiger partial charge on any atom is 0.264 e. The van der Waals surface area contributed by atoms with Gasteiger partial charge >= 0.3 is 0 Å². The molecule has 35 heavy (non-hydrogen) atoms. The number of amides is 1.